The van der Waals surface area contributed by atoms with Gasteiger partial charge in [0.25, 0.3) is 5.91 Å². The van der Waals surface area contributed by atoms with E-state index in [1.54, 1.807) is 4.90 Å². The van der Waals surface area contributed by atoms with Gasteiger partial charge in [-0.1, -0.05) is 22.6 Å². The van der Waals surface area contributed by atoms with Crippen molar-refractivity contribution in [3.8, 4) is 0 Å². The lowest BCUT2D eigenvalue weighted by Crippen LogP contribution is -2.34. The lowest BCUT2D eigenvalue weighted by Gasteiger charge is -2.30. The van der Waals surface area contributed by atoms with Crippen molar-refractivity contribution in [2.45, 2.75) is 29.8 Å². The van der Waals surface area contributed by atoms with Gasteiger partial charge >= 0.3 is 6.09 Å². The van der Waals surface area contributed by atoms with E-state index in [9.17, 15) is 9.59 Å². The van der Waals surface area contributed by atoms with E-state index < -0.39 is 12.2 Å². The van der Waals surface area contributed by atoms with Gasteiger partial charge in [-0.15, -0.1) is 11.3 Å². The Labute approximate surface area is 193 Å². The molecule has 1 aromatic heterocycles. The van der Waals surface area contributed by atoms with Crippen LogP contribution < -0.4 is 20.9 Å². The van der Waals surface area contributed by atoms with Gasteiger partial charge in [-0.3, -0.25) is 9.69 Å². The summed E-state index contributed by atoms with van der Waals surface area (Å²) in [5, 5.41) is 2.87. The Bertz CT molecular complexity index is 929. The number of hydrogen-bond donors (Lipinski definition) is 2. The van der Waals surface area contributed by atoms with Crippen LogP contribution in [0.5, 0.6) is 0 Å². The predicted octanol–water partition coefficient (Wildman–Crippen LogP) is 4.01. The van der Waals surface area contributed by atoms with Gasteiger partial charge in [-0.05, 0) is 49.6 Å². The summed E-state index contributed by atoms with van der Waals surface area (Å²) in [4.78, 5) is 30.4. The molecule has 3 N–H and O–H groups in total. The Morgan fingerprint density at radius 2 is 2.03 bits per heavy atom. The number of nitrogen functional groups attached to an aromatic ring is 1. The molecule has 2 aliphatic rings. The maximum Gasteiger partial charge on any atom is 0.414 e. The highest BCUT2D eigenvalue weighted by molar-refractivity contribution is 14.1. The number of hydrogen-bond acceptors (Lipinski definition) is 6. The minimum atomic E-state index is -0.414. The molecule has 0 bridgehead atoms. The van der Waals surface area contributed by atoms with Crippen LogP contribution in [-0.4, -0.2) is 44.3 Å². The quantitative estimate of drug-likeness (QED) is 0.329. The largest absolute Gasteiger partial charge is 0.442 e. The summed E-state index contributed by atoms with van der Waals surface area (Å²) < 4.78 is 6.33. The molecule has 2 aliphatic heterocycles. The first-order valence-corrected chi connectivity index (χ1v) is 12.4. The number of benzene rings is 1. The number of thiophene rings is 1. The highest BCUT2D eigenvalue weighted by Gasteiger charge is 2.33. The molecule has 2 fully saturated rings. The van der Waals surface area contributed by atoms with Crippen LogP contribution in [0.4, 0.5) is 21.9 Å². The zero-order valence-corrected chi connectivity index (χ0v) is 19.6. The van der Waals surface area contributed by atoms with Crippen molar-refractivity contribution < 1.29 is 14.3 Å². The Balaban J connectivity index is 1.36. The Morgan fingerprint density at radius 1 is 1.23 bits per heavy atom. The maximum absolute atomic E-state index is 12.4. The van der Waals surface area contributed by atoms with E-state index in [0.717, 1.165) is 33.8 Å². The number of rotatable bonds is 6. The number of piperidine rings is 1. The van der Waals surface area contributed by atoms with Crippen LogP contribution in [0.1, 0.15) is 33.8 Å². The van der Waals surface area contributed by atoms with Crippen molar-refractivity contribution >= 4 is 63.0 Å². The van der Waals surface area contributed by atoms with E-state index >= 15 is 0 Å². The van der Waals surface area contributed by atoms with E-state index in [1.165, 1.54) is 30.6 Å². The van der Waals surface area contributed by atoms with Crippen LogP contribution in [0.15, 0.2) is 30.3 Å². The van der Waals surface area contributed by atoms with Crippen LogP contribution in [0.2, 0.25) is 0 Å². The van der Waals surface area contributed by atoms with Crippen molar-refractivity contribution in [1.82, 2.24) is 5.32 Å². The molecule has 1 atom stereocenters. The second-order valence-electron chi connectivity index (χ2n) is 7.52. The summed E-state index contributed by atoms with van der Waals surface area (Å²) in [5.41, 5.74) is 8.71. The number of amides is 2. The molecule has 1 unspecified atom stereocenters. The summed E-state index contributed by atoms with van der Waals surface area (Å²) in [6.07, 6.45) is 2.81. The zero-order valence-electron chi connectivity index (χ0n) is 16.6. The Hall–Kier alpha value is -2.01. The first kappa shape index (κ1) is 21.2. The molecule has 9 heteroatoms. The SMILES string of the molecule is Nc1cc(N2CC(CNC(=O)c3ccc(CI)s3)OC2=O)ccc1N1CCCCC1. The molecular weight excluding hydrogens is 515 g/mol. The normalized spacial score (nSPS) is 19.1. The molecule has 0 radical (unpaired) electrons. The summed E-state index contributed by atoms with van der Waals surface area (Å²) in [6, 6.07) is 9.53. The van der Waals surface area contributed by atoms with E-state index in [0.29, 0.717) is 17.1 Å². The van der Waals surface area contributed by atoms with Crippen molar-refractivity contribution in [1.29, 1.82) is 0 Å². The number of carbonyl (C=O) groups excluding carboxylic acids is 2. The van der Waals surface area contributed by atoms with Crippen molar-refractivity contribution in [2.75, 3.05) is 41.7 Å². The molecule has 2 amide bonds. The Morgan fingerprint density at radius 3 is 2.73 bits per heavy atom. The summed E-state index contributed by atoms with van der Waals surface area (Å²) in [6.45, 7) is 2.69. The molecule has 3 heterocycles. The summed E-state index contributed by atoms with van der Waals surface area (Å²) in [5.74, 6) is -0.138. The number of nitrogens with zero attached hydrogens (tertiary/aromatic N) is 2. The maximum atomic E-state index is 12.4. The second kappa shape index (κ2) is 9.42. The molecule has 0 saturated carbocycles. The van der Waals surface area contributed by atoms with Crippen molar-refractivity contribution in [2.24, 2.45) is 0 Å². The monoisotopic (exact) mass is 540 g/mol. The number of carbonyl (C=O) groups is 2. The molecule has 2 saturated heterocycles. The molecule has 30 heavy (non-hydrogen) atoms. The third kappa shape index (κ3) is 4.66. The molecule has 2 aromatic rings. The van der Waals surface area contributed by atoms with Gasteiger partial charge in [0.15, 0.2) is 0 Å². The van der Waals surface area contributed by atoms with E-state index in [-0.39, 0.29) is 12.5 Å². The standard InChI is InChI=1S/C21H25IN4O3S/c22-11-16-5-7-19(30-16)20(27)24-12-15-13-26(21(28)29-15)14-4-6-18(17(23)10-14)25-8-2-1-3-9-25/h4-7,10,15H,1-3,8-9,11-13,23H2,(H,24,27). The number of halogens is 1. The molecule has 160 valence electrons. The Kier molecular flexibility index (Phi) is 6.67. The minimum absolute atomic E-state index is 0.138. The third-order valence-electron chi connectivity index (χ3n) is 5.40. The van der Waals surface area contributed by atoms with Crippen LogP contribution >= 0.6 is 33.9 Å². The van der Waals surface area contributed by atoms with E-state index in [2.05, 4.69) is 32.8 Å². The molecular formula is C21H25IN4O3S. The second-order valence-corrected chi connectivity index (χ2v) is 9.45. The molecule has 4 rings (SSSR count). The zero-order chi connectivity index (χ0) is 21.1. The van der Waals surface area contributed by atoms with Crippen LogP contribution in [-0.2, 0) is 9.16 Å². The van der Waals surface area contributed by atoms with Crippen molar-refractivity contribution in [3.05, 3.63) is 40.1 Å². The molecule has 0 aliphatic carbocycles. The lowest BCUT2D eigenvalue weighted by molar-refractivity contribution is 0.0920. The fraction of sp³-hybridized carbons (Fsp3) is 0.429. The van der Waals surface area contributed by atoms with Crippen LogP contribution in [0, 0.1) is 0 Å². The molecule has 0 spiro atoms. The topological polar surface area (TPSA) is 87.9 Å². The van der Waals surface area contributed by atoms with Gasteiger partial charge in [-0.25, -0.2) is 4.79 Å². The third-order valence-corrected chi connectivity index (χ3v) is 7.82. The molecule has 7 nitrogen and oxygen atoms in total. The van der Waals surface area contributed by atoms with Crippen LogP contribution in [0.3, 0.4) is 0 Å². The fourth-order valence-corrected chi connectivity index (χ4v) is 5.33. The smallest absolute Gasteiger partial charge is 0.414 e. The van der Waals surface area contributed by atoms with E-state index in [1.807, 2.05) is 30.3 Å². The van der Waals surface area contributed by atoms with Gasteiger partial charge in [0.2, 0.25) is 0 Å². The van der Waals surface area contributed by atoms with Gasteiger partial charge < -0.3 is 20.7 Å². The van der Waals surface area contributed by atoms with Gasteiger partial charge in [-0.2, -0.15) is 0 Å². The lowest BCUT2D eigenvalue weighted by atomic mass is 10.1. The highest BCUT2D eigenvalue weighted by Crippen LogP contribution is 2.32. The first-order chi connectivity index (χ1) is 14.5. The van der Waals surface area contributed by atoms with Gasteiger partial charge in [0.1, 0.15) is 6.10 Å². The average molecular weight is 540 g/mol. The number of ether oxygens (including phenoxy) is 1. The summed E-state index contributed by atoms with van der Waals surface area (Å²) >= 11 is 3.75. The minimum Gasteiger partial charge on any atom is -0.442 e. The summed E-state index contributed by atoms with van der Waals surface area (Å²) in [7, 11) is 0. The van der Waals surface area contributed by atoms with Gasteiger partial charge in [0.05, 0.1) is 29.3 Å². The van der Waals surface area contributed by atoms with Crippen LogP contribution in [0.25, 0.3) is 0 Å². The van der Waals surface area contributed by atoms with Crippen molar-refractivity contribution in [3.63, 3.8) is 0 Å². The predicted molar refractivity (Wildman–Crippen MR) is 129 cm³/mol. The highest BCUT2D eigenvalue weighted by atomic mass is 127. The van der Waals surface area contributed by atoms with Gasteiger partial charge in [0, 0.05) is 28.1 Å². The fourth-order valence-electron chi connectivity index (χ4n) is 3.84. The number of nitrogens with one attached hydrogen (secondary N) is 1. The first-order valence-electron chi connectivity index (χ1n) is 10.1. The number of anilines is 3. The average Bonchev–Trinajstić information content (AvgIpc) is 3.39. The van der Waals surface area contributed by atoms with E-state index in [4.69, 9.17) is 10.5 Å². The number of nitrogens with two attached hydrogens (primary N) is 1. The number of alkyl halides is 1. The molecule has 1 aromatic carbocycles. The number of cyclic esters (lactones) is 1.